The van der Waals surface area contributed by atoms with Crippen molar-refractivity contribution in [3.05, 3.63) is 46.3 Å². The van der Waals surface area contributed by atoms with E-state index in [1.54, 1.807) is 25.3 Å². The molecule has 9 nitrogen and oxygen atoms in total. The van der Waals surface area contributed by atoms with Crippen LogP contribution in [0, 0.1) is 10.1 Å². The third-order valence-electron chi connectivity index (χ3n) is 3.07. The summed E-state index contributed by atoms with van der Waals surface area (Å²) in [6.07, 6.45) is 2.30. The van der Waals surface area contributed by atoms with Crippen LogP contribution in [0.4, 0.5) is 5.69 Å². The van der Waals surface area contributed by atoms with Gasteiger partial charge >= 0.3 is 5.69 Å². The Labute approximate surface area is 132 Å². The number of hydrogen-bond acceptors (Lipinski definition) is 6. The van der Waals surface area contributed by atoms with Crippen LogP contribution in [0.5, 0.6) is 11.5 Å². The summed E-state index contributed by atoms with van der Waals surface area (Å²) < 4.78 is 11.5. The Hall–Kier alpha value is -3.10. The van der Waals surface area contributed by atoms with E-state index in [0.29, 0.717) is 18.0 Å². The van der Waals surface area contributed by atoms with Crippen molar-refractivity contribution in [1.29, 1.82) is 0 Å². The van der Waals surface area contributed by atoms with E-state index in [1.165, 1.54) is 18.0 Å². The van der Waals surface area contributed by atoms with E-state index in [9.17, 15) is 14.9 Å². The minimum Gasteiger partial charge on any atom is -0.493 e. The largest absolute Gasteiger partial charge is 0.493 e. The van der Waals surface area contributed by atoms with Gasteiger partial charge in [-0.3, -0.25) is 19.6 Å². The van der Waals surface area contributed by atoms with E-state index in [1.807, 2.05) is 0 Å². The zero-order valence-corrected chi connectivity index (χ0v) is 12.7. The highest BCUT2D eigenvalue weighted by Gasteiger charge is 2.11. The molecule has 0 bridgehead atoms. The second-order valence-electron chi connectivity index (χ2n) is 4.62. The van der Waals surface area contributed by atoms with Crippen LogP contribution in [0.15, 0.2) is 30.6 Å². The Morgan fingerprint density at radius 2 is 2.09 bits per heavy atom. The van der Waals surface area contributed by atoms with Crippen LogP contribution in [-0.4, -0.2) is 34.8 Å². The highest BCUT2D eigenvalue weighted by atomic mass is 16.6. The number of nitro groups is 1. The van der Waals surface area contributed by atoms with Gasteiger partial charge in [0.25, 0.3) is 0 Å². The molecule has 1 amide bonds. The number of carbonyl (C=O) groups excluding carboxylic acids is 1. The molecule has 0 radical (unpaired) electrons. The number of rotatable bonds is 7. The predicted molar refractivity (Wildman–Crippen MR) is 80.3 cm³/mol. The molecule has 122 valence electrons. The highest BCUT2D eigenvalue weighted by molar-refractivity contribution is 5.75. The summed E-state index contributed by atoms with van der Waals surface area (Å²) in [5, 5.41) is 17.0. The van der Waals surface area contributed by atoms with Gasteiger partial charge in [0, 0.05) is 6.54 Å². The van der Waals surface area contributed by atoms with E-state index >= 15 is 0 Å². The van der Waals surface area contributed by atoms with Crippen LogP contribution >= 0.6 is 0 Å². The molecular weight excluding hydrogens is 304 g/mol. The number of methoxy groups -OCH3 is 2. The molecule has 0 aliphatic heterocycles. The third-order valence-corrected chi connectivity index (χ3v) is 3.07. The topological polar surface area (TPSA) is 109 Å². The van der Waals surface area contributed by atoms with Crippen molar-refractivity contribution in [2.75, 3.05) is 14.2 Å². The number of amides is 1. The second-order valence-corrected chi connectivity index (χ2v) is 4.62. The maximum Gasteiger partial charge on any atom is 0.307 e. The van der Waals surface area contributed by atoms with Crippen molar-refractivity contribution < 1.29 is 19.2 Å². The smallest absolute Gasteiger partial charge is 0.307 e. The first-order chi connectivity index (χ1) is 11.0. The number of hydrogen-bond donors (Lipinski definition) is 1. The van der Waals surface area contributed by atoms with Crippen LogP contribution in [0.2, 0.25) is 0 Å². The normalized spacial score (nSPS) is 10.2. The molecule has 0 spiro atoms. The summed E-state index contributed by atoms with van der Waals surface area (Å²) in [4.78, 5) is 21.8. The summed E-state index contributed by atoms with van der Waals surface area (Å²) in [6.45, 7) is 0.198. The Balaban J connectivity index is 1.92. The Morgan fingerprint density at radius 3 is 2.70 bits per heavy atom. The van der Waals surface area contributed by atoms with Gasteiger partial charge < -0.3 is 14.8 Å². The van der Waals surface area contributed by atoms with Gasteiger partial charge in [-0.2, -0.15) is 5.10 Å². The SMILES string of the molecule is COc1ccc(CNC(=O)Cn2cc([N+](=O)[O-])cn2)cc1OC. The Morgan fingerprint density at radius 1 is 1.35 bits per heavy atom. The average molecular weight is 320 g/mol. The third kappa shape index (κ3) is 4.19. The maximum absolute atomic E-state index is 11.8. The molecule has 23 heavy (non-hydrogen) atoms. The molecule has 1 aromatic carbocycles. The first-order valence-electron chi connectivity index (χ1n) is 6.68. The summed E-state index contributed by atoms with van der Waals surface area (Å²) in [5.74, 6) is 0.867. The number of ether oxygens (including phenoxy) is 2. The van der Waals surface area contributed by atoms with Gasteiger partial charge in [-0.25, -0.2) is 0 Å². The van der Waals surface area contributed by atoms with Gasteiger partial charge in [-0.05, 0) is 17.7 Å². The van der Waals surface area contributed by atoms with Crippen molar-refractivity contribution in [2.45, 2.75) is 13.1 Å². The van der Waals surface area contributed by atoms with Crippen LogP contribution in [0.25, 0.3) is 0 Å². The van der Waals surface area contributed by atoms with Crippen molar-refractivity contribution in [3.63, 3.8) is 0 Å². The van der Waals surface area contributed by atoms with E-state index in [2.05, 4.69) is 10.4 Å². The molecule has 0 fully saturated rings. The van der Waals surface area contributed by atoms with Gasteiger partial charge in [0.05, 0.1) is 19.1 Å². The zero-order chi connectivity index (χ0) is 16.8. The minimum atomic E-state index is -0.564. The predicted octanol–water partition coefficient (Wildman–Crippen LogP) is 1.12. The molecule has 0 aliphatic rings. The molecular formula is C14H16N4O5. The van der Waals surface area contributed by atoms with Crippen LogP contribution < -0.4 is 14.8 Å². The van der Waals surface area contributed by atoms with Crippen molar-refractivity contribution in [1.82, 2.24) is 15.1 Å². The fourth-order valence-electron chi connectivity index (χ4n) is 1.93. The monoisotopic (exact) mass is 320 g/mol. The molecule has 2 rings (SSSR count). The first kappa shape index (κ1) is 16.3. The number of aromatic nitrogens is 2. The average Bonchev–Trinajstić information content (AvgIpc) is 3.01. The number of nitrogens with one attached hydrogen (secondary N) is 1. The second kappa shape index (κ2) is 7.25. The van der Waals surface area contributed by atoms with Crippen molar-refractivity contribution in [2.24, 2.45) is 0 Å². The lowest BCUT2D eigenvalue weighted by molar-refractivity contribution is -0.385. The van der Waals surface area contributed by atoms with Gasteiger partial charge in [0.1, 0.15) is 18.9 Å². The number of carbonyl (C=O) groups is 1. The van der Waals surface area contributed by atoms with Crippen molar-refractivity contribution >= 4 is 11.6 Å². The molecule has 9 heteroatoms. The minimum absolute atomic E-state index is 0.0961. The molecule has 0 saturated carbocycles. The highest BCUT2D eigenvalue weighted by Crippen LogP contribution is 2.27. The van der Waals surface area contributed by atoms with Crippen molar-refractivity contribution in [3.8, 4) is 11.5 Å². The lowest BCUT2D eigenvalue weighted by atomic mass is 10.2. The maximum atomic E-state index is 11.8. The fourth-order valence-corrected chi connectivity index (χ4v) is 1.93. The van der Waals surface area contributed by atoms with Crippen LogP contribution in [0.3, 0.4) is 0 Å². The lowest BCUT2D eigenvalue weighted by Gasteiger charge is -2.10. The molecule has 0 saturated heterocycles. The van der Waals surface area contributed by atoms with Gasteiger partial charge in [0.15, 0.2) is 11.5 Å². The molecule has 1 aromatic heterocycles. The van der Waals surface area contributed by atoms with Crippen LogP contribution in [-0.2, 0) is 17.9 Å². The zero-order valence-electron chi connectivity index (χ0n) is 12.7. The molecule has 0 aliphatic carbocycles. The summed E-state index contributed by atoms with van der Waals surface area (Å²) in [5.41, 5.74) is 0.681. The quantitative estimate of drug-likeness (QED) is 0.605. The van der Waals surface area contributed by atoms with Gasteiger partial charge in [-0.15, -0.1) is 0 Å². The van der Waals surface area contributed by atoms with Gasteiger partial charge in [-0.1, -0.05) is 6.07 Å². The summed E-state index contributed by atoms with van der Waals surface area (Å²) >= 11 is 0. The first-order valence-corrected chi connectivity index (χ1v) is 6.68. The van der Waals surface area contributed by atoms with Gasteiger partial charge in [0.2, 0.25) is 5.91 Å². The fraction of sp³-hybridized carbons (Fsp3) is 0.286. The van der Waals surface area contributed by atoms with Crippen LogP contribution in [0.1, 0.15) is 5.56 Å². The number of benzene rings is 1. The number of nitrogens with zero attached hydrogens (tertiary/aromatic N) is 3. The molecule has 1 heterocycles. The Kier molecular flexibility index (Phi) is 5.13. The Bertz CT molecular complexity index is 713. The molecule has 0 unspecified atom stereocenters. The van der Waals surface area contributed by atoms with E-state index < -0.39 is 4.92 Å². The van der Waals surface area contributed by atoms with E-state index in [-0.39, 0.29) is 18.1 Å². The van der Waals surface area contributed by atoms with E-state index in [4.69, 9.17) is 9.47 Å². The summed E-state index contributed by atoms with van der Waals surface area (Å²) in [7, 11) is 3.08. The standard InChI is InChI=1S/C14H16N4O5/c1-22-12-4-3-10(5-13(12)23-2)6-15-14(19)9-17-8-11(7-16-17)18(20)21/h3-5,7-8H,6,9H2,1-2H3,(H,15,19). The summed E-state index contributed by atoms with van der Waals surface area (Å²) in [6, 6.07) is 5.31. The lowest BCUT2D eigenvalue weighted by Crippen LogP contribution is -2.27. The van der Waals surface area contributed by atoms with E-state index in [0.717, 1.165) is 11.8 Å². The molecule has 0 atom stereocenters. The molecule has 1 N–H and O–H groups in total. The molecule has 2 aromatic rings.